The first-order chi connectivity index (χ1) is 12.3. The number of hydrogen-bond acceptors (Lipinski definition) is 4. The van der Waals surface area contributed by atoms with E-state index in [1.165, 1.54) is 0 Å². The van der Waals surface area contributed by atoms with Crippen molar-refractivity contribution < 1.29 is 9.47 Å². The number of anilines is 1. The molecular weight excluding hydrogens is 314 g/mol. The molecule has 3 heterocycles. The van der Waals surface area contributed by atoms with Gasteiger partial charge in [-0.3, -0.25) is 4.40 Å². The first-order valence-electron chi connectivity index (χ1n) is 8.74. The van der Waals surface area contributed by atoms with Gasteiger partial charge < -0.3 is 14.8 Å². The molecule has 1 N–H and O–H groups in total. The SMILES string of the molecule is COc1ccc(-c2nc3cccc(C)n3c2NCC2CCCO2)cc1. The van der Waals surface area contributed by atoms with Crippen molar-refractivity contribution in [2.24, 2.45) is 0 Å². The lowest BCUT2D eigenvalue weighted by molar-refractivity contribution is 0.120. The highest BCUT2D eigenvalue weighted by Crippen LogP contribution is 2.31. The number of hydrogen-bond donors (Lipinski definition) is 1. The number of nitrogens with one attached hydrogen (secondary N) is 1. The molecule has 0 radical (unpaired) electrons. The zero-order chi connectivity index (χ0) is 17.2. The van der Waals surface area contributed by atoms with E-state index in [2.05, 4.69) is 22.7 Å². The molecule has 2 aromatic heterocycles. The van der Waals surface area contributed by atoms with Gasteiger partial charge in [0.2, 0.25) is 0 Å². The Labute approximate surface area is 147 Å². The third-order valence-corrected chi connectivity index (χ3v) is 4.72. The average molecular weight is 337 g/mol. The lowest BCUT2D eigenvalue weighted by atomic mass is 10.1. The lowest BCUT2D eigenvalue weighted by Gasteiger charge is -2.14. The van der Waals surface area contributed by atoms with Crippen LogP contribution in [0, 0.1) is 6.92 Å². The smallest absolute Gasteiger partial charge is 0.139 e. The highest BCUT2D eigenvalue weighted by Gasteiger charge is 2.19. The number of pyridine rings is 1. The Morgan fingerprint density at radius 3 is 2.80 bits per heavy atom. The number of nitrogens with zero attached hydrogens (tertiary/aromatic N) is 2. The molecule has 5 nitrogen and oxygen atoms in total. The Morgan fingerprint density at radius 2 is 2.08 bits per heavy atom. The molecule has 1 atom stereocenters. The molecule has 25 heavy (non-hydrogen) atoms. The van der Waals surface area contributed by atoms with E-state index in [-0.39, 0.29) is 6.10 Å². The molecule has 1 fully saturated rings. The van der Waals surface area contributed by atoms with Gasteiger partial charge in [-0.15, -0.1) is 0 Å². The van der Waals surface area contributed by atoms with Crippen LogP contribution in [0.5, 0.6) is 5.75 Å². The zero-order valence-electron chi connectivity index (χ0n) is 14.7. The molecule has 0 amide bonds. The van der Waals surface area contributed by atoms with Gasteiger partial charge in [-0.25, -0.2) is 4.98 Å². The van der Waals surface area contributed by atoms with Crippen molar-refractivity contribution in [1.82, 2.24) is 9.38 Å². The Hall–Kier alpha value is -2.53. The van der Waals surface area contributed by atoms with Crippen LogP contribution in [0.25, 0.3) is 16.9 Å². The van der Waals surface area contributed by atoms with Gasteiger partial charge in [0.1, 0.15) is 22.9 Å². The minimum atomic E-state index is 0.276. The molecule has 1 aliphatic rings. The normalized spacial score (nSPS) is 17.1. The highest BCUT2D eigenvalue weighted by molar-refractivity contribution is 5.77. The van der Waals surface area contributed by atoms with Crippen molar-refractivity contribution in [2.45, 2.75) is 25.9 Å². The summed E-state index contributed by atoms with van der Waals surface area (Å²) >= 11 is 0. The van der Waals surface area contributed by atoms with E-state index >= 15 is 0 Å². The molecule has 0 bridgehead atoms. The fourth-order valence-corrected chi connectivity index (χ4v) is 3.38. The largest absolute Gasteiger partial charge is 0.497 e. The summed E-state index contributed by atoms with van der Waals surface area (Å²) in [6, 6.07) is 14.2. The van der Waals surface area contributed by atoms with Crippen LogP contribution < -0.4 is 10.1 Å². The van der Waals surface area contributed by atoms with E-state index in [4.69, 9.17) is 14.5 Å². The van der Waals surface area contributed by atoms with E-state index in [1.54, 1.807) is 7.11 Å². The predicted molar refractivity (Wildman–Crippen MR) is 99.4 cm³/mol. The Bertz CT molecular complexity index is 865. The molecule has 1 aliphatic heterocycles. The fourth-order valence-electron chi connectivity index (χ4n) is 3.38. The molecule has 5 heteroatoms. The van der Waals surface area contributed by atoms with Gasteiger partial charge in [-0.1, -0.05) is 6.07 Å². The van der Waals surface area contributed by atoms with E-state index < -0.39 is 0 Å². The number of imidazole rings is 1. The van der Waals surface area contributed by atoms with Crippen molar-refractivity contribution >= 4 is 11.5 Å². The maximum atomic E-state index is 5.76. The first-order valence-corrected chi connectivity index (χ1v) is 8.74. The van der Waals surface area contributed by atoms with E-state index in [9.17, 15) is 0 Å². The van der Waals surface area contributed by atoms with Crippen LogP contribution in [0.1, 0.15) is 18.5 Å². The summed E-state index contributed by atoms with van der Waals surface area (Å²) in [6.45, 7) is 3.76. The van der Waals surface area contributed by atoms with E-state index in [0.29, 0.717) is 0 Å². The second-order valence-electron chi connectivity index (χ2n) is 6.41. The van der Waals surface area contributed by atoms with Crippen LogP contribution in [0.4, 0.5) is 5.82 Å². The number of rotatable bonds is 5. The fraction of sp³-hybridized carbons (Fsp3) is 0.350. The summed E-state index contributed by atoms with van der Waals surface area (Å²) in [6.07, 6.45) is 2.53. The summed E-state index contributed by atoms with van der Waals surface area (Å²) in [5.74, 6) is 1.87. The zero-order valence-corrected chi connectivity index (χ0v) is 14.7. The molecule has 0 aliphatic carbocycles. The van der Waals surface area contributed by atoms with Gasteiger partial charge >= 0.3 is 0 Å². The monoisotopic (exact) mass is 337 g/mol. The number of aromatic nitrogens is 2. The predicted octanol–water partition coefficient (Wildman–Crippen LogP) is 3.91. The Balaban J connectivity index is 1.75. The summed E-state index contributed by atoms with van der Waals surface area (Å²) in [7, 11) is 1.68. The van der Waals surface area contributed by atoms with Gasteiger partial charge in [0.05, 0.1) is 13.2 Å². The number of aryl methyl sites for hydroxylation is 1. The summed E-state index contributed by atoms with van der Waals surface area (Å²) < 4.78 is 13.2. The third kappa shape index (κ3) is 3.07. The quantitative estimate of drug-likeness (QED) is 0.767. The van der Waals surface area contributed by atoms with Crippen molar-refractivity contribution in [2.75, 3.05) is 25.6 Å². The van der Waals surface area contributed by atoms with Crippen LogP contribution >= 0.6 is 0 Å². The van der Waals surface area contributed by atoms with Crippen LogP contribution in [0.2, 0.25) is 0 Å². The summed E-state index contributed by atoms with van der Waals surface area (Å²) in [5, 5.41) is 3.59. The molecule has 4 rings (SSSR count). The Morgan fingerprint density at radius 1 is 1.24 bits per heavy atom. The molecule has 1 saturated heterocycles. The molecule has 0 spiro atoms. The van der Waals surface area contributed by atoms with Crippen molar-refractivity contribution in [1.29, 1.82) is 0 Å². The van der Waals surface area contributed by atoms with Gasteiger partial charge in [0, 0.05) is 24.4 Å². The van der Waals surface area contributed by atoms with E-state index in [0.717, 1.165) is 60.2 Å². The van der Waals surface area contributed by atoms with Gasteiger partial charge in [-0.05, 0) is 56.2 Å². The standard InChI is InChI=1S/C20H23N3O2/c1-14-5-3-7-18-22-19(15-8-10-16(24-2)11-9-15)20(23(14)18)21-13-17-6-4-12-25-17/h3,5,7-11,17,21H,4,6,12-13H2,1-2H3. The van der Waals surface area contributed by atoms with E-state index in [1.807, 2.05) is 36.4 Å². The van der Waals surface area contributed by atoms with Crippen LogP contribution in [-0.4, -0.2) is 35.8 Å². The van der Waals surface area contributed by atoms with Crippen LogP contribution in [-0.2, 0) is 4.74 Å². The summed E-state index contributed by atoms with van der Waals surface area (Å²) in [5.41, 5.74) is 4.12. The van der Waals surface area contributed by atoms with Crippen molar-refractivity contribution in [3.8, 4) is 17.0 Å². The number of methoxy groups -OCH3 is 1. The minimum absolute atomic E-state index is 0.276. The molecule has 130 valence electrons. The van der Waals surface area contributed by atoms with Crippen LogP contribution in [0.15, 0.2) is 42.5 Å². The van der Waals surface area contributed by atoms with Crippen molar-refractivity contribution in [3.63, 3.8) is 0 Å². The first kappa shape index (κ1) is 16.0. The van der Waals surface area contributed by atoms with Crippen molar-refractivity contribution in [3.05, 3.63) is 48.2 Å². The second kappa shape index (κ2) is 6.76. The topological polar surface area (TPSA) is 47.8 Å². The van der Waals surface area contributed by atoms with Gasteiger partial charge in [0.15, 0.2) is 0 Å². The highest BCUT2D eigenvalue weighted by atomic mass is 16.5. The third-order valence-electron chi connectivity index (χ3n) is 4.72. The van der Waals surface area contributed by atoms with Crippen LogP contribution in [0.3, 0.4) is 0 Å². The lowest BCUT2D eigenvalue weighted by Crippen LogP contribution is -2.19. The molecule has 0 saturated carbocycles. The number of ether oxygens (including phenoxy) is 2. The second-order valence-corrected chi connectivity index (χ2v) is 6.41. The molecule has 3 aromatic rings. The number of benzene rings is 1. The average Bonchev–Trinajstić information content (AvgIpc) is 3.28. The Kier molecular flexibility index (Phi) is 4.32. The maximum absolute atomic E-state index is 5.76. The number of fused-ring (bicyclic) bond motifs is 1. The minimum Gasteiger partial charge on any atom is -0.497 e. The molecule has 1 unspecified atom stereocenters. The molecule has 1 aromatic carbocycles. The molecular formula is C20H23N3O2. The maximum Gasteiger partial charge on any atom is 0.139 e. The van der Waals surface area contributed by atoms with Gasteiger partial charge in [-0.2, -0.15) is 0 Å². The van der Waals surface area contributed by atoms with Gasteiger partial charge in [0.25, 0.3) is 0 Å². The summed E-state index contributed by atoms with van der Waals surface area (Å²) in [4.78, 5) is 4.86.